The Hall–Kier alpha value is -3.10. The Bertz CT molecular complexity index is 1270. The van der Waals surface area contributed by atoms with Gasteiger partial charge in [0.2, 0.25) is 15.9 Å². The summed E-state index contributed by atoms with van der Waals surface area (Å²) in [6.45, 7) is 3.76. The zero-order valence-corrected chi connectivity index (χ0v) is 20.7. The number of benzene rings is 2. The number of halogens is 1. The fourth-order valence-electron chi connectivity index (χ4n) is 4.59. The van der Waals surface area contributed by atoms with E-state index in [0.29, 0.717) is 25.7 Å². The predicted octanol–water partition coefficient (Wildman–Crippen LogP) is 4.91. The van der Waals surface area contributed by atoms with E-state index in [1.54, 1.807) is 36.7 Å². The van der Waals surface area contributed by atoms with Gasteiger partial charge in [0.25, 0.3) is 0 Å². The Morgan fingerprint density at radius 2 is 1.66 bits per heavy atom. The molecule has 1 saturated carbocycles. The van der Waals surface area contributed by atoms with Crippen LogP contribution in [0.1, 0.15) is 49.8 Å². The first kappa shape index (κ1) is 25.0. The van der Waals surface area contributed by atoms with Crippen LogP contribution in [0.25, 0.3) is 11.1 Å². The number of carbonyl (C=O) groups excluding carboxylic acids is 1. The Morgan fingerprint density at radius 3 is 2.29 bits per heavy atom. The van der Waals surface area contributed by atoms with Crippen molar-refractivity contribution in [3.8, 4) is 11.1 Å². The van der Waals surface area contributed by atoms with Crippen molar-refractivity contribution in [2.45, 2.75) is 56.5 Å². The number of rotatable bonds is 7. The number of carbonyl (C=O) groups is 1. The number of aromatic nitrogens is 1. The first-order valence-corrected chi connectivity index (χ1v) is 13.3. The van der Waals surface area contributed by atoms with Crippen molar-refractivity contribution in [1.82, 2.24) is 15.0 Å². The number of nitrogens with zero attached hydrogens (tertiary/aromatic N) is 1. The molecule has 1 amide bonds. The summed E-state index contributed by atoms with van der Waals surface area (Å²) in [5.41, 5.74) is 3.66. The van der Waals surface area contributed by atoms with Crippen LogP contribution in [0.4, 0.5) is 4.39 Å². The Kier molecular flexibility index (Phi) is 7.62. The standard InChI is InChI=1S/C27H30FN3O3S/c1-18-17-25(11-12-26(18)21-13-15-29-16-14-21)35(33,34)31-24-9-5-22(6-10-24)27(32)30-19(2)20-3-7-23(28)8-4-20/h3-4,7-8,11-17,19,22,24,31H,5-6,9-10H2,1-2H3,(H,30,32)/t19-,22-,24-/m1/s1. The first-order chi connectivity index (χ1) is 16.7. The molecular formula is C27H30FN3O3S. The molecule has 8 heteroatoms. The lowest BCUT2D eigenvalue weighted by Crippen LogP contribution is -2.41. The first-order valence-electron chi connectivity index (χ1n) is 11.8. The highest BCUT2D eigenvalue weighted by atomic mass is 32.2. The molecule has 0 saturated heterocycles. The van der Waals surface area contributed by atoms with Gasteiger partial charge in [-0.05, 0) is 98.2 Å². The van der Waals surface area contributed by atoms with Crippen LogP contribution in [-0.4, -0.2) is 25.4 Å². The molecule has 1 aliphatic carbocycles. The second-order valence-electron chi connectivity index (χ2n) is 9.16. The molecule has 2 N–H and O–H groups in total. The average molecular weight is 496 g/mol. The summed E-state index contributed by atoms with van der Waals surface area (Å²) in [6.07, 6.45) is 5.82. The highest BCUT2D eigenvalue weighted by Gasteiger charge is 2.30. The van der Waals surface area contributed by atoms with E-state index in [1.165, 1.54) is 12.1 Å². The largest absolute Gasteiger partial charge is 0.349 e. The van der Waals surface area contributed by atoms with Crippen molar-refractivity contribution in [2.75, 3.05) is 0 Å². The van der Waals surface area contributed by atoms with Crippen LogP contribution < -0.4 is 10.0 Å². The summed E-state index contributed by atoms with van der Waals surface area (Å²) in [6, 6.07) is 14.6. The Balaban J connectivity index is 1.33. The van der Waals surface area contributed by atoms with Gasteiger partial charge in [-0.2, -0.15) is 0 Å². The zero-order valence-electron chi connectivity index (χ0n) is 19.9. The summed E-state index contributed by atoms with van der Waals surface area (Å²) in [5.74, 6) is -0.529. The molecule has 2 aromatic carbocycles. The van der Waals surface area contributed by atoms with E-state index in [4.69, 9.17) is 0 Å². The van der Waals surface area contributed by atoms with E-state index >= 15 is 0 Å². The van der Waals surface area contributed by atoms with Crippen molar-refractivity contribution in [2.24, 2.45) is 5.92 Å². The van der Waals surface area contributed by atoms with E-state index < -0.39 is 10.0 Å². The minimum absolute atomic E-state index is 0.0505. The van der Waals surface area contributed by atoms with Crippen molar-refractivity contribution in [3.63, 3.8) is 0 Å². The van der Waals surface area contributed by atoms with Gasteiger partial charge in [-0.25, -0.2) is 17.5 Å². The van der Waals surface area contributed by atoms with E-state index in [9.17, 15) is 17.6 Å². The van der Waals surface area contributed by atoms with E-state index in [2.05, 4.69) is 15.0 Å². The second kappa shape index (κ2) is 10.7. The monoisotopic (exact) mass is 495 g/mol. The van der Waals surface area contributed by atoms with Gasteiger partial charge >= 0.3 is 0 Å². The zero-order chi connectivity index (χ0) is 25.0. The Morgan fingerprint density at radius 1 is 1.00 bits per heavy atom. The molecule has 1 heterocycles. The van der Waals surface area contributed by atoms with Crippen LogP contribution in [0.3, 0.4) is 0 Å². The molecule has 4 rings (SSSR count). The lowest BCUT2D eigenvalue weighted by atomic mass is 9.85. The second-order valence-corrected chi connectivity index (χ2v) is 10.9. The SMILES string of the molecule is Cc1cc(S(=O)(=O)N[C@H]2CC[C@H](C(=O)N[C@H](C)c3ccc(F)cc3)CC2)ccc1-c1ccncc1. The van der Waals surface area contributed by atoms with Gasteiger partial charge in [0.1, 0.15) is 5.82 Å². The van der Waals surface area contributed by atoms with Gasteiger partial charge in [0.15, 0.2) is 0 Å². The quantitative estimate of drug-likeness (QED) is 0.488. The summed E-state index contributed by atoms with van der Waals surface area (Å²) in [7, 11) is -3.67. The van der Waals surface area contributed by atoms with Crippen molar-refractivity contribution in [1.29, 1.82) is 0 Å². The molecule has 1 fully saturated rings. The van der Waals surface area contributed by atoms with Crippen LogP contribution >= 0.6 is 0 Å². The number of amides is 1. The molecule has 0 radical (unpaired) electrons. The molecule has 0 bridgehead atoms. The summed E-state index contributed by atoms with van der Waals surface area (Å²) < 4.78 is 42.0. The molecule has 35 heavy (non-hydrogen) atoms. The van der Waals surface area contributed by atoms with Crippen LogP contribution in [0, 0.1) is 18.7 Å². The molecule has 0 spiro atoms. The highest BCUT2D eigenvalue weighted by Crippen LogP contribution is 2.28. The number of nitrogens with one attached hydrogen (secondary N) is 2. The topological polar surface area (TPSA) is 88.2 Å². The fraction of sp³-hybridized carbons (Fsp3) is 0.333. The lowest BCUT2D eigenvalue weighted by molar-refractivity contribution is -0.126. The summed E-state index contributed by atoms with van der Waals surface area (Å²) >= 11 is 0. The van der Waals surface area contributed by atoms with Gasteiger partial charge in [-0.3, -0.25) is 9.78 Å². The van der Waals surface area contributed by atoms with Gasteiger partial charge in [-0.15, -0.1) is 0 Å². The molecule has 1 aliphatic rings. The van der Waals surface area contributed by atoms with Crippen LogP contribution in [0.5, 0.6) is 0 Å². The average Bonchev–Trinajstić information content (AvgIpc) is 2.85. The minimum Gasteiger partial charge on any atom is -0.349 e. The van der Waals surface area contributed by atoms with Crippen LogP contribution in [0.2, 0.25) is 0 Å². The molecular weight excluding hydrogens is 465 g/mol. The normalized spacial score (nSPS) is 19.2. The number of hydrogen-bond acceptors (Lipinski definition) is 4. The van der Waals surface area contributed by atoms with Crippen LogP contribution in [0.15, 0.2) is 71.9 Å². The smallest absolute Gasteiger partial charge is 0.240 e. The molecule has 6 nitrogen and oxygen atoms in total. The number of hydrogen-bond donors (Lipinski definition) is 2. The summed E-state index contributed by atoms with van der Waals surface area (Å²) in [4.78, 5) is 17.0. The Labute approximate surface area is 206 Å². The van der Waals surface area contributed by atoms with Gasteiger partial charge < -0.3 is 5.32 Å². The van der Waals surface area contributed by atoms with Gasteiger partial charge in [0, 0.05) is 24.4 Å². The van der Waals surface area contributed by atoms with Crippen molar-refractivity contribution in [3.05, 3.63) is 83.9 Å². The maximum Gasteiger partial charge on any atom is 0.240 e. The maximum atomic E-state index is 13.1. The summed E-state index contributed by atoms with van der Waals surface area (Å²) in [5, 5.41) is 3.00. The van der Waals surface area contributed by atoms with E-state index in [0.717, 1.165) is 22.3 Å². The van der Waals surface area contributed by atoms with E-state index in [1.807, 2.05) is 32.0 Å². The molecule has 1 atom stereocenters. The third-order valence-electron chi connectivity index (χ3n) is 6.65. The fourth-order valence-corrected chi connectivity index (χ4v) is 5.98. The van der Waals surface area contributed by atoms with Crippen molar-refractivity contribution < 1.29 is 17.6 Å². The van der Waals surface area contributed by atoms with E-state index in [-0.39, 0.29) is 34.6 Å². The number of sulfonamides is 1. The molecule has 184 valence electrons. The molecule has 0 aliphatic heterocycles. The maximum absolute atomic E-state index is 13.1. The highest BCUT2D eigenvalue weighted by molar-refractivity contribution is 7.89. The predicted molar refractivity (Wildman–Crippen MR) is 133 cm³/mol. The van der Waals surface area contributed by atoms with Crippen molar-refractivity contribution >= 4 is 15.9 Å². The van der Waals surface area contributed by atoms with Gasteiger partial charge in [0.05, 0.1) is 10.9 Å². The lowest BCUT2D eigenvalue weighted by Gasteiger charge is -2.29. The molecule has 3 aromatic rings. The molecule has 1 aromatic heterocycles. The number of pyridine rings is 1. The third-order valence-corrected chi connectivity index (χ3v) is 8.17. The van der Waals surface area contributed by atoms with Gasteiger partial charge in [-0.1, -0.05) is 18.2 Å². The van der Waals surface area contributed by atoms with Crippen LogP contribution in [-0.2, 0) is 14.8 Å². The third kappa shape index (κ3) is 6.13. The molecule has 0 unspecified atom stereocenters. The minimum atomic E-state index is -3.67. The number of aryl methyl sites for hydroxylation is 1.